The number of hydrogen-bond acceptors (Lipinski definition) is 2. The molecule has 1 aliphatic rings. The molecule has 33 valence electrons. The number of nitrogens with one attached hydrogen (secondary N) is 1. The van der Waals surface area contributed by atoms with Crippen LogP contribution in [0.5, 0.6) is 0 Å². The molecular formula is C3H5N2S. The molecule has 0 saturated heterocycles. The smallest absolute Gasteiger partial charge is 0.0334 e. The van der Waals surface area contributed by atoms with Crippen molar-refractivity contribution in [3.05, 3.63) is 11.1 Å². The van der Waals surface area contributed by atoms with Gasteiger partial charge in [0.1, 0.15) is 0 Å². The lowest BCUT2D eigenvalue weighted by atomic mass is 10.6. The van der Waals surface area contributed by atoms with Crippen LogP contribution >= 0.6 is 11.9 Å². The fourth-order valence-corrected chi connectivity index (χ4v) is 0.690. The Morgan fingerprint density at radius 1 is 2.00 bits per heavy atom. The summed E-state index contributed by atoms with van der Waals surface area (Å²) >= 11 is 1.43. The van der Waals surface area contributed by atoms with Crippen LogP contribution in [0.25, 0.3) is 0 Å². The van der Waals surface area contributed by atoms with Gasteiger partial charge in [0.15, 0.2) is 0 Å². The molecule has 0 atom stereocenters. The second-order valence-corrected chi connectivity index (χ2v) is 1.74. The van der Waals surface area contributed by atoms with Crippen molar-refractivity contribution in [2.45, 2.75) is 6.92 Å². The highest BCUT2D eigenvalue weighted by atomic mass is 32.2. The summed E-state index contributed by atoms with van der Waals surface area (Å²) in [6.07, 6.45) is 0. The minimum absolute atomic E-state index is 1.13. The molecule has 3 heteroatoms. The SMILES string of the molecule is CC1=CS[N]N1. The highest BCUT2D eigenvalue weighted by molar-refractivity contribution is 8.00. The summed E-state index contributed by atoms with van der Waals surface area (Å²) in [6, 6.07) is 0. The van der Waals surface area contributed by atoms with Gasteiger partial charge in [0, 0.05) is 11.1 Å². The molecule has 0 aromatic heterocycles. The van der Waals surface area contributed by atoms with Crippen LogP contribution in [0.15, 0.2) is 11.1 Å². The number of allylic oxidation sites excluding steroid dienone is 1. The Labute approximate surface area is 41.1 Å². The van der Waals surface area contributed by atoms with Crippen molar-refractivity contribution >= 4 is 11.9 Å². The quantitative estimate of drug-likeness (QED) is 0.453. The third-order valence-corrected chi connectivity index (χ3v) is 1.16. The summed E-state index contributed by atoms with van der Waals surface area (Å²) in [5.41, 5.74) is 3.89. The van der Waals surface area contributed by atoms with E-state index in [2.05, 4.69) is 10.3 Å². The van der Waals surface area contributed by atoms with Crippen LogP contribution < -0.4 is 10.3 Å². The fraction of sp³-hybridized carbons (Fsp3) is 0.333. The van der Waals surface area contributed by atoms with Crippen LogP contribution in [0.1, 0.15) is 6.92 Å². The van der Waals surface area contributed by atoms with Gasteiger partial charge < -0.3 is 0 Å². The van der Waals surface area contributed by atoms with Crippen molar-refractivity contribution in [1.82, 2.24) is 10.3 Å². The minimum Gasteiger partial charge on any atom is -0.297 e. The summed E-state index contributed by atoms with van der Waals surface area (Å²) in [4.78, 5) is 3.74. The van der Waals surface area contributed by atoms with Crippen LogP contribution in [0.2, 0.25) is 0 Å². The maximum Gasteiger partial charge on any atom is 0.0334 e. The molecule has 0 aromatic carbocycles. The second-order valence-electron chi connectivity index (χ2n) is 1.11. The number of rotatable bonds is 0. The van der Waals surface area contributed by atoms with Gasteiger partial charge in [-0.25, -0.2) is 0 Å². The summed E-state index contributed by atoms with van der Waals surface area (Å²) < 4.78 is 0. The zero-order valence-electron chi connectivity index (χ0n) is 3.43. The van der Waals surface area contributed by atoms with Gasteiger partial charge in [0.2, 0.25) is 0 Å². The van der Waals surface area contributed by atoms with Crippen molar-refractivity contribution in [2.75, 3.05) is 0 Å². The molecule has 0 spiro atoms. The fourth-order valence-electron chi connectivity index (χ4n) is 0.230. The third kappa shape index (κ3) is 0.666. The lowest BCUT2D eigenvalue weighted by Crippen LogP contribution is -2.08. The van der Waals surface area contributed by atoms with Gasteiger partial charge >= 0.3 is 0 Å². The molecule has 0 aliphatic carbocycles. The monoisotopic (exact) mass is 101 g/mol. The third-order valence-electron chi connectivity index (χ3n) is 0.504. The van der Waals surface area contributed by atoms with Gasteiger partial charge in [-0.05, 0) is 18.9 Å². The normalized spacial score (nSPS) is 19.8. The molecule has 1 heterocycles. The first-order valence-electron chi connectivity index (χ1n) is 1.68. The highest BCUT2D eigenvalue weighted by Crippen LogP contribution is 2.06. The summed E-state index contributed by atoms with van der Waals surface area (Å²) in [5, 5.41) is 1.96. The Balaban J connectivity index is 2.45. The average Bonchev–Trinajstić information content (AvgIpc) is 1.86. The zero-order valence-corrected chi connectivity index (χ0v) is 4.25. The zero-order chi connectivity index (χ0) is 4.41. The van der Waals surface area contributed by atoms with Gasteiger partial charge in [-0.2, -0.15) is 0 Å². The van der Waals surface area contributed by atoms with Crippen LogP contribution in [-0.4, -0.2) is 0 Å². The first kappa shape index (κ1) is 4.02. The van der Waals surface area contributed by atoms with E-state index in [0.29, 0.717) is 0 Å². The predicted octanol–water partition coefficient (Wildman–Crippen LogP) is 0.619. The maximum atomic E-state index is 3.74. The standard InChI is InChI=1S/C3H5N2S/c1-3-2-6-5-4-3/h2,4H,1H3. The Hall–Kier alpha value is -0.150. The number of nitrogens with zero attached hydrogens (tertiary/aromatic N) is 1. The molecule has 1 radical (unpaired) electrons. The van der Waals surface area contributed by atoms with Crippen molar-refractivity contribution in [3.63, 3.8) is 0 Å². The van der Waals surface area contributed by atoms with Crippen molar-refractivity contribution in [1.29, 1.82) is 0 Å². The van der Waals surface area contributed by atoms with Crippen LogP contribution in [0, 0.1) is 0 Å². The molecule has 0 bridgehead atoms. The van der Waals surface area contributed by atoms with E-state index >= 15 is 0 Å². The van der Waals surface area contributed by atoms with E-state index in [9.17, 15) is 0 Å². The van der Waals surface area contributed by atoms with Crippen molar-refractivity contribution in [2.24, 2.45) is 0 Å². The molecule has 0 fully saturated rings. The van der Waals surface area contributed by atoms with E-state index in [1.54, 1.807) is 0 Å². The molecule has 0 aromatic rings. The van der Waals surface area contributed by atoms with E-state index in [1.807, 2.05) is 12.3 Å². The minimum atomic E-state index is 1.13. The van der Waals surface area contributed by atoms with Gasteiger partial charge in [0.05, 0.1) is 0 Å². The van der Waals surface area contributed by atoms with Gasteiger partial charge in [-0.15, -0.1) is 0 Å². The molecular weight excluding hydrogens is 96.1 g/mol. The van der Waals surface area contributed by atoms with Crippen molar-refractivity contribution in [3.8, 4) is 0 Å². The lowest BCUT2D eigenvalue weighted by Gasteiger charge is -1.85. The van der Waals surface area contributed by atoms with Crippen LogP contribution in [0.3, 0.4) is 0 Å². The summed E-state index contributed by atoms with van der Waals surface area (Å²) in [7, 11) is 0. The molecule has 1 aliphatic heterocycles. The molecule has 2 nitrogen and oxygen atoms in total. The maximum absolute atomic E-state index is 3.74. The topological polar surface area (TPSA) is 26.1 Å². The number of hydrogen-bond donors (Lipinski definition) is 1. The van der Waals surface area contributed by atoms with Crippen LogP contribution in [-0.2, 0) is 0 Å². The molecule has 0 amide bonds. The van der Waals surface area contributed by atoms with E-state index in [-0.39, 0.29) is 0 Å². The molecule has 0 saturated carbocycles. The highest BCUT2D eigenvalue weighted by Gasteiger charge is 1.94. The Kier molecular flexibility index (Phi) is 1.03. The van der Waals surface area contributed by atoms with E-state index in [4.69, 9.17) is 0 Å². The Bertz CT molecular complexity index is 78.9. The summed E-state index contributed by atoms with van der Waals surface area (Å²) in [6.45, 7) is 1.98. The van der Waals surface area contributed by atoms with Crippen LogP contribution in [0.4, 0.5) is 0 Å². The van der Waals surface area contributed by atoms with Gasteiger partial charge in [-0.1, -0.05) is 4.83 Å². The second kappa shape index (κ2) is 1.53. The lowest BCUT2D eigenvalue weighted by molar-refractivity contribution is 0.820. The molecule has 6 heavy (non-hydrogen) atoms. The van der Waals surface area contributed by atoms with Gasteiger partial charge in [0.25, 0.3) is 0 Å². The van der Waals surface area contributed by atoms with Crippen molar-refractivity contribution < 1.29 is 0 Å². The largest absolute Gasteiger partial charge is 0.297 e. The summed E-state index contributed by atoms with van der Waals surface area (Å²) in [5.74, 6) is 0. The Morgan fingerprint density at radius 3 is 3.00 bits per heavy atom. The van der Waals surface area contributed by atoms with E-state index in [0.717, 1.165) is 5.70 Å². The van der Waals surface area contributed by atoms with E-state index < -0.39 is 0 Å². The molecule has 1 rings (SSSR count). The average molecular weight is 101 g/mol. The molecule has 0 unspecified atom stereocenters. The van der Waals surface area contributed by atoms with E-state index in [1.165, 1.54) is 11.9 Å². The molecule has 1 N–H and O–H groups in total. The first-order chi connectivity index (χ1) is 2.89. The predicted molar refractivity (Wildman–Crippen MR) is 26.6 cm³/mol. The first-order valence-corrected chi connectivity index (χ1v) is 2.52. The van der Waals surface area contributed by atoms with Gasteiger partial charge in [-0.3, -0.25) is 5.43 Å². The Morgan fingerprint density at radius 2 is 2.83 bits per heavy atom.